The molecule has 0 heterocycles. The lowest BCUT2D eigenvalue weighted by molar-refractivity contribution is -0.255. The van der Waals surface area contributed by atoms with E-state index in [9.17, 15) is 9.90 Å². The summed E-state index contributed by atoms with van der Waals surface area (Å²) in [4.78, 5) is 10.5. The predicted molar refractivity (Wildman–Crippen MR) is 50.0 cm³/mol. The summed E-state index contributed by atoms with van der Waals surface area (Å²) in [6.45, 7) is 0. The molecule has 1 rings (SSSR count). The van der Waals surface area contributed by atoms with E-state index in [2.05, 4.69) is 0 Å². The van der Waals surface area contributed by atoms with Crippen LogP contribution in [0, 0.1) is 3.57 Å². The van der Waals surface area contributed by atoms with Gasteiger partial charge in [-0.2, -0.15) is 0 Å². The molecular formula is C8H6IO3-. The Bertz CT molecular complexity index is 309. The van der Waals surface area contributed by atoms with Crippen molar-refractivity contribution in [1.29, 1.82) is 0 Å². The highest BCUT2D eigenvalue weighted by molar-refractivity contribution is 14.1. The first-order valence-electron chi connectivity index (χ1n) is 3.20. The van der Waals surface area contributed by atoms with Gasteiger partial charge in [0.15, 0.2) is 0 Å². The molecule has 4 heteroatoms. The van der Waals surface area contributed by atoms with Crippen LogP contribution >= 0.6 is 22.6 Å². The van der Waals surface area contributed by atoms with Crippen molar-refractivity contribution in [1.82, 2.24) is 0 Å². The second kappa shape index (κ2) is 3.75. The highest BCUT2D eigenvalue weighted by Crippen LogP contribution is 2.18. The van der Waals surface area contributed by atoms with Crippen molar-refractivity contribution in [3.8, 4) is 5.75 Å². The molecule has 0 saturated heterocycles. The van der Waals surface area contributed by atoms with Gasteiger partial charge in [-0.3, -0.25) is 0 Å². The van der Waals surface area contributed by atoms with Crippen LogP contribution in [0.4, 0.5) is 0 Å². The maximum Gasteiger partial charge on any atom is 0.119 e. The van der Waals surface area contributed by atoms with Crippen LogP contribution in [0.5, 0.6) is 5.75 Å². The van der Waals surface area contributed by atoms with Crippen molar-refractivity contribution in [2.75, 3.05) is 7.11 Å². The number of halogens is 1. The molecular weight excluding hydrogens is 271 g/mol. The number of carbonyl (C=O) groups is 1. The Kier molecular flexibility index (Phi) is 2.91. The number of aromatic carboxylic acids is 1. The van der Waals surface area contributed by atoms with E-state index in [0.717, 1.165) is 0 Å². The van der Waals surface area contributed by atoms with Crippen LogP contribution in [0.1, 0.15) is 10.4 Å². The van der Waals surface area contributed by atoms with Gasteiger partial charge in [0.25, 0.3) is 0 Å². The monoisotopic (exact) mass is 277 g/mol. The molecule has 0 bridgehead atoms. The van der Waals surface area contributed by atoms with Gasteiger partial charge in [0.1, 0.15) is 5.75 Å². The van der Waals surface area contributed by atoms with Gasteiger partial charge in [-0.15, -0.1) is 0 Å². The van der Waals surface area contributed by atoms with E-state index in [1.54, 1.807) is 12.1 Å². The van der Waals surface area contributed by atoms with E-state index in [-0.39, 0.29) is 5.56 Å². The summed E-state index contributed by atoms with van der Waals surface area (Å²) in [5.74, 6) is -0.659. The second-order valence-electron chi connectivity index (χ2n) is 2.13. The highest BCUT2D eigenvalue weighted by atomic mass is 127. The molecule has 1 aromatic carbocycles. The summed E-state index contributed by atoms with van der Waals surface area (Å²) < 4.78 is 5.51. The van der Waals surface area contributed by atoms with Crippen LogP contribution in [-0.4, -0.2) is 13.1 Å². The molecule has 1 aromatic rings. The molecule has 0 radical (unpaired) electrons. The largest absolute Gasteiger partial charge is 0.545 e. The van der Waals surface area contributed by atoms with Crippen LogP contribution in [0.3, 0.4) is 0 Å². The van der Waals surface area contributed by atoms with Crippen LogP contribution < -0.4 is 9.84 Å². The smallest absolute Gasteiger partial charge is 0.119 e. The Morgan fingerprint density at radius 3 is 2.75 bits per heavy atom. The Morgan fingerprint density at radius 2 is 2.25 bits per heavy atom. The number of methoxy groups -OCH3 is 1. The highest BCUT2D eigenvalue weighted by Gasteiger charge is 2.01. The van der Waals surface area contributed by atoms with E-state index >= 15 is 0 Å². The summed E-state index contributed by atoms with van der Waals surface area (Å²) in [6, 6.07) is 4.82. The number of ether oxygens (including phenoxy) is 1. The van der Waals surface area contributed by atoms with Crippen LogP contribution in [0.25, 0.3) is 0 Å². The number of carbonyl (C=O) groups excluding carboxylic acids is 1. The van der Waals surface area contributed by atoms with Gasteiger partial charge < -0.3 is 14.6 Å². The average molecular weight is 277 g/mol. The van der Waals surface area contributed by atoms with E-state index in [0.29, 0.717) is 9.32 Å². The lowest BCUT2D eigenvalue weighted by atomic mass is 10.2. The van der Waals surface area contributed by atoms with Crippen LogP contribution in [-0.2, 0) is 0 Å². The third-order valence-corrected chi connectivity index (χ3v) is 2.33. The summed E-state index contributed by atoms with van der Waals surface area (Å²) in [6.07, 6.45) is 0. The fraction of sp³-hybridized carbons (Fsp3) is 0.125. The average Bonchev–Trinajstić information content (AvgIpc) is 2.05. The van der Waals surface area contributed by atoms with Gasteiger partial charge in [-0.25, -0.2) is 0 Å². The van der Waals surface area contributed by atoms with Crippen molar-refractivity contribution in [3.63, 3.8) is 0 Å². The zero-order valence-corrected chi connectivity index (χ0v) is 8.49. The fourth-order valence-electron chi connectivity index (χ4n) is 0.788. The van der Waals surface area contributed by atoms with Gasteiger partial charge in [0.2, 0.25) is 0 Å². The molecule has 64 valence electrons. The van der Waals surface area contributed by atoms with Gasteiger partial charge in [-0.05, 0) is 40.8 Å². The quantitative estimate of drug-likeness (QED) is 0.746. The summed E-state index contributed by atoms with van der Waals surface area (Å²) >= 11 is 1.93. The SMILES string of the molecule is COc1ccc(I)c(C(=O)[O-])c1. The lowest BCUT2D eigenvalue weighted by Crippen LogP contribution is -2.23. The Morgan fingerprint density at radius 1 is 1.58 bits per heavy atom. The molecule has 0 N–H and O–H groups in total. The van der Waals surface area contributed by atoms with Gasteiger partial charge >= 0.3 is 0 Å². The van der Waals surface area contributed by atoms with Crippen LogP contribution in [0.2, 0.25) is 0 Å². The third-order valence-electron chi connectivity index (χ3n) is 1.39. The molecule has 12 heavy (non-hydrogen) atoms. The number of rotatable bonds is 2. The molecule has 0 atom stereocenters. The van der Waals surface area contributed by atoms with Crippen molar-refractivity contribution < 1.29 is 14.6 Å². The van der Waals surface area contributed by atoms with Crippen molar-refractivity contribution in [3.05, 3.63) is 27.3 Å². The predicted octanol–water partition coefficient (Wildman–Crippen LogP) is 0.663. The summed E-state index contributed by atoms with van der Waals surface area (Å²) in [5, 5.41) is 10.5. The minimum atomic E-state index is -1.18. The van der Waals surface area contributed by atoms with Gasteiger partial charge in [0.05, 0.1) is 13.1 Å². The molecule has 0 saturated carbocycles. The molecule has 0 fully saturated rings. The number of hydrogen-bond acceptors (Lipinski definition) is 3. The normalized spacial score (nSPS) is 9.50. The minimum Gasteiger partial charge on any atom is -0.545 e. The maximum absolute atomic E-state index is 10.5. The van der Waals surface area contributed by atoms with E-state index in [1.807, 2.05) is 22.6 Å². The molecule has 0 aliphatic carbocycles. The zero-order valence-electron chi connectivity index (χ0n) is 6.33. The lowest BCUT2D eigenvalue weighted by Gasteiger charge is -2.07. The number of carboxylic acid groups (broad SMARTS) is 1. The van der Waals surface area contributed by atoms with Crippen molar-refractivity contribution in [2.24, 2.45) is 0 Å². The van der Waals surface area contributed by atoms with E-state index in [4.69, 9.17) is 4.74 Å². The van der Waals surface area contributed by atoms with E-state index < -0.39 is 5.97 Å². The van der Waals surface area contributed by atoms with Gasteiger partial charge in [0, 0.05) is 9.13 Å². The Hall–Kier alpha value is -0.780. The van der Waals surface area contributed by atoms with Crippen molar-refractivity contribution in [2.45, 2.75) is 0 Å². The number of hydrogen-bond donors (Lipinski definition) is 0. The first kappa shape index (κ1) is 9.31. The number of carboxylic acids is 1. The molecule has 0 aliphatic heterocycles. The summed E-state index contributed by atoms with van der Waals surface area (Å²) in [7, 11) is 1.49. The van der Waals surface area contributed by atoms with E-state index in [1.165, 1.54) is 13.2 Å². The first-order chi connectivity index (χ1) is 5.65. The summed E-state index contributed by atoms with van der Waals surface area (Å²) in [5.41, 5.74) is 0.162. The first-order valence-corrected chi connectivity index (χ1v) is 4.28. The van der Waals surface area contributed by atoms with Gasteiger partial charge in [-0.1, -0.05) is 0 Å². The molecule has 0 amide bonds. The third kappa shape index (κ3) is 1.88. The number of benzene rings is 1. The molecule has 0 aliphatic rings. The zero-order chi connectivity index (χ0) is 9.14. The Balaban J connectivity index is 3.17. The molecule has 0 aromatic heterocycles. The fourth-order valence-corrected chi connectivity index (χ4v) is 1.34. The second-order valence-corrected chi connectivity index (χ2v) is 3.30. The Labute approximate surface area is 83.5 Å². The molecule has 0 unspecified atom stereocenters. The topological polar surface area (TPSA) is 49.4 Å². The van der Waals surface area contributed by atoms with Crippen LogP contribution in [0.15, 0.2) is 18.2 Å². The van der Waals surface area contributed by atoms with Crippen molar-refractivity contribution >= 4 is 28.6 Å². The minimum absolute atomic E-state index is 0.162. The molecule has 0 spiro atoms. The standard InChI is InChI=1S/C8H7IO3/c1-12-5-2-3-7(9)6(4-5)8(10)11/h2-4H,1H3,(H,10,11)/p-1. The maximum atomic E-state index is 10.5. The molecule has 3 nitrogen and oxygen atoms in total.